The molecule has 0 saturated heterocycles. The van der Waals surface area contributed by atoms with Crippen LogP contribution in [0.25, 0.3) is 0 Å². The van der Waals surface area contributed by atoms with Crippen molar-refractivity contribution in [2.24, 2.45) is 5.73 Å². The average Bonchev–Trinajstić information content (AvgIpc) is 2.73. The lowest BCUT2D eigenvalue weighted by Gasteiger charge is -2.35. The molecular weight excluding hydrogens is 398 g/mol. The number of hydrogen-bond acceptors (Lipinski definition) is 3. The molecule has 30 heavy (non-hydrogen) atoms. The Hall–Kier alpha value is -2.37. The molecule has 0 aromatic heterocycles. The number of nitrogens with one attached hydrogen (secondary N) is 1. The van der Waals surface area contributed by atoms with Gasteiger partial charge in [0.05, 0.1) is 6.42 Å². The Labute approximate surface area is 183 Å². The molecule has 0 spiro atoms. The number of carbonyl (C=O) groups excluding carboxylic acids is 2. The summed E-state index contributed by atoms with van der Waals surface area (Å²) in [5.74, 6) is 0.195. The Bertz CT molecular complexity index is 890. The first-order valence-corrected chi connectivity index (χ1v) is 10.8. The molecule has 160 valence electrons. The van der Waals surface area contributed by atoms with E-state index in [0.29, 0.717) is 16.5 Å². The largest absolute Gasteiger partial charge is 0.369 e. The normalized spacial score (nSPS) is 18.8. The van der Waals surface area contributed by atoms with Crippen LogP contribution in [0.2, 0.25) is 5.02 Å². The lowest BCUT2D eigenvalue weighted by atomic mass is 9.79. The third-order valence-corrected chi connectivity index (χ3v) is 6.30. The fourth-order valence-corrected chi connectivity index (χ4v) is 4.57. The Balaban J connectivity index is 1.66. The maximum Gasteiger partial charge on any atom is 0.253 e. The highest BCUT2D eigenvalue weighted by atomic mass is 35.5. The molecule has 3 N–H and O–H groups in total. The van der Waals surface area contributed by atoms with Crippen LogP contribution in [0, 0.1) is 0 Å². The predicted octanol–water partition coefficient (Wildman–Crippen LogP) is 3.89. The van der Waals surface area contributed by atoms with Gasteiger partial charge in [-0.25, -0.2) is 0 Å². The van der Waals surface area contributed by atoms with Gasteiger partial charge in [-0.3, -0.25) is 9.59 Å². The molecule has 1 fully saturated rings. The van der Waals surface area contributed by atoms with Crippen molar-refractivity contribution in [2.45, 2.75) is 50.6 Å². The van der Waals surface area contributed by atoms with Crippen LogP contribution in [-0.4, -0.2) is 36.9 Å². The van der Waals surface area contributed by atoms with Crippen LogP contribution < -0.4 is 11.1 Å². The standard InChI is InChI=1S/C24H30ClN3O2/c1-27-15-19-13-16(14-23(26)29)3-12-22(19)17-6-10-21(11-7-17)28(2)24(30)18-4-8-20(25)9-5-18/h3-5,8-9,12-13,17,21,27H,6-7,10-11,14-15H2,1-2H3,(H2,26,29)/t17-,21-. The molecule has 0 atom stereocenters. The monoisotopic (exact) mass is 427 g/mol. The summed E-state index contributed by atoms with van der Waals surface area (Å²) in [6.07, 6.45) is 4.29. The van der Waals surface area contributed by atoms with Crippen LogP contribution in [-0.2, 0) is 17.8 Å². The summed E-state index contributed by atoms with van der Waals surface area (Å²) in [5.41, 5.74) is 9.54. The second kappa shape index (κ2) is 10.1. The number of nitrogens with two attached hydrogens (primary N) is 1. The van der Waals surface area contributed by atoms with Gasteiger partial charge in [-0.15, -0.1) is 0 Å². The van der Waals surface area contributed by atoms with Crippen LogP contribution in [0.1, 0.15) is 58.6 Å². The van der Waals surface area contributed by atoms with Gasteiger partial charge in [-0.05, 0) is 79.6 Å². The molecule has 0 radical (unpaired) electrons. The first kappa shape index (κ1) is 22.3. The number of hydrogen-bond donors (Lipinski definition) is 2. The van der Waals surface area contributed by atoms with Crippen molar-refractivity contribution < 1.29 is 9.59 Å². The minimum atomic E-state index is -0.313. The van der Waals surface area contributed by atoms with Crippen molar-refractivity contribution in [3.63, 3.8) is 0 Å². The highest BCUT2D eigenvalue weighted by Gasteiger charge is 2.28. The van der Waals surface area contributed by atoms with Gasteiger partial charge in [0.15, 0.2) is 0 Å². The highest BCUT2D eigenvalue weighted by Crippen LogP contribution is 2.36. The van der Waals surface area contributed by atoms with Crippen molar-refractivity contribution in [3.8, 4) is 0 Å². The zero-order valence-corrected chi connectivity index (χ0v) is 18.4. The van der Waals surface area contributed by atoms with E-state index in [1.165, 1.54) is 11.1 Å². The van der Waals surface area contributed by atoms with Gasteiger partial charge in [-0.1, -0.05) is 29.8 Å². The number of benzene rings is 2. The fraction of sp³-hybridized carbons (Fsp3) is 0.417. The molecule has 5 nitrogen and oxygen atoms in total. The van der Waals surface area contributed by atoms with E-state index >= 15 is 0 Å². The van der Waals surface area contributed by atoms with Crippen molar-refractivity contribution in [1.29, 1.82) is 0 Å². The summed E-state index contributed by atoms with van der Waals surface area (Å²) in [5, 5.41) is 3.86. The molecule has 0 heterocycles. The molecule has 0 aliphatic heterocycles. The van der Waals surface area contributed by atoms with Crippen molar-refractivity contribution in [2.75, 3.05) is 14.1 Å². The molecule has 2 aromatic carbocycles. The molecule has 1 saturated carbocycles. The van der Waals surface area contributed by atoms with E-state index in [9.17, 15) is 9.59 Å². The summed E-state index contributed by atoms with van der Waals surface area (Å²) in [6, 6.07) is 13.6. The highest BCUT2D eigenvalue weighted by molar-refractivity contribution is 6.30. The van der Waals surface area contributed by atoms with E-state index in [0.717, 1.165) is 37.8 Å². The van der Waals surface area contributed by atoms with Crippen molar-refractivity contribution >= 4 is 23.4 Å². The molecule has 0 bridgehead atoms. The van der Waals surface area contributed by atoms with Gasteiger partial charge < -0.3 is 16.0 Å². The summed E-state index contributed by atoms with van der Waals surface area (Å²) < 4.78 is 0. The van der Waals surface area contributed by atoms with Crippen LogP contribution in [0.3, 0.4) is 0 Å². The van der Waals surface area contributed by atoms with Crippen LogP contribution in [0.5, 0.6) is 0 Å². The van der Waals surface area contributed by atoms with Crippen LogP contribution in [0.15, 0.2) is 42.5 Å². The van der Waals surface area contributed by atoms with Gasteiger partial charge in [0.25, 0.3) is 5.91 Å². The van der Waals surface area contributed by atoms with E-state index in [1.54, 1.807) is 24.3 Å². The first-order chi connectivity index (χ1) is 14.4. The predicted molar refractivity (Wildman–Crippen MR) is 121 cm³/mol. The lowest BCUT2D eigenvalue weighted by molar-refractivity contribution is -0.117. The van der Waals surface area contributed by atoms with E-state index in [-0.39, 0.29) is 24.3 Å². The molecule has 6 heteroatoms. The maximum atomic E-state index is 12.8. The molecule has 1 aliphatic carbocycles. The molecule has 3 rings (SSSR count). The summed E-state index contributed by atoms with van der Waals surface area (Å²) in [7, 11) is 3.83. The summed E-state index contributed by atoms with van der Waals surface area (Å²) in [4.78, 5) is 26.0. The minimum absolute atomic E-state index is 0.0433. The third kappa shape index (κ3) is 5.41. The Morgan fingerprint density at radius 2 is 1.77 bits per heavy atom. The molecule has 2 aromatic rings. The topological polar surface area (TPSA) is 75.4 Å². The Kier molecular flexibility index (Phi) is 7.51. The van der Waals surface area contributed by atoms with Crippen LogP contribution >= 0.6 is 11.6 Å². The number of amides is 2. The number of carbonyl (C=O) groups is 2. The van der Waals surface area contributed by atoms with Gasteiger partial charge in [-0.2, -0.15) is 0 Å². The van der Waals surface area contributed by atoms with Gasteiger partial charge in [0, 0.05) is 30.2 Å². The number of primary amides is 1. The lowest BCUT2D eigenvalue weighted by Crippen LogP contribution is -2.39. The smallest absolute Gasteiger partial charge is 0.253 e. The van der Waals surface area contributed by atoms with Gasteiger partial charge in [0.1, 0.15) is 0 Å². The maximum absolute atomic E-state index is 12.8. The van der Waals surface area contributed by atoms with E-state index in [1.807, 2.05) is 25.1 Å². The molecule has 1 aliphatic rings. The SMILES string of the molecule is CNCc1cc(CC(N)=O)ccc1[C@H]1CC[C@H](N(C)C(=O)c2ccc(Cl)cc2)CC1. The first-order valence-electron chi connectivity index (χ1n) is 10.5. The van der Waals surface area contributed by atoms with Crippen molar-refractivity contribution in [1.82, 2.24) is 10.2 Å². The molecule has 0 unspecified atom stereocenters. The van der Waals surface area contributed by atoms with Gasteiger partial charge >= 0.3 is 0 Å². The second-order valence-corrected chi connectivity index (χ2v) is 8.57. The van der Waals surface area contributed by atoms with Crippen LogP contribution in [0.4, 0.5) is 0 Å². The number of halogens is 1. The zero-order chi connectivity index (χ0) is 21.7. The van der Waals surface area contributed by atoms with E-state index < -0.39 is 0 Å². The summed E-state index contributed by atoms with van der Waals surface area (Å²) >= 11 is 5.94. The Morgan fingerprint density at radius 1 is 1.10 bits per heavy atom. The van der Waals surface area contributed by atoms with E-state index in [4.69, 9.17) is 17.3 Å². The quantitative estimate of drug-likeness (QED) is 0.703. The number of nitrogens with zero attached hydrogens (tertiary/aromatic N) is 1. The van der Waals surface area contributed by atoms with E-state index in [2.05, 4.69) is 17.4 Å². The number of rotatable bonds is 7. The Morgan fingerprint density at radius 3 is 2.37 bits per heavy atom. The minimum Gasteiger partial charge on any atom is -0.369 e. The fourth-order valence-electron chi connectivity index (χ4n) is 4.45. The zero-order valence-electron chi connectivity index (χ0n) is 17.7. The average molecular weight is 428 g/mol. The summed E-state index contributed by atoms with van der Waals surface area (Å²) in [6.45, 7) is 0.761. The van der Waals surface area contributed by atoms with Gasteiger partial charge in [0.2, 0.25) is 5.91 Å². The van der Waals surface area contributed by atoms with Crippen molar-refractivity contribution in [3.05, 3.63) is 69.7 Å². The second-order valence-electron chi connectivity index (χ2n) is 8.13. The molecular formula is C24H30ClN3O2. The molecule has 2 amide bonds. The third-order valence-electron chi connectivity index (χ3n) is 6.05.